The largest absolute Gasteiger partial charge is 0.552 e. The number of methoxy groups -OCH3 is 1. The molecule has 3 N–H and O–H groups in total. The third-order valence-electron chi connectivity index (χ3n) is 6.10. The summed E-state index contributed by atoms with van der Waals surface area (Å²) >= 11 is 0. The number of benzene rings is 1. The molecular weight excluding hydrogens is 523 g/mol. The number of nitrogens with zero attached hydrogens (tertiary/aromatic N) is 2. The van der Waals surface area contributed by atoms with Gasteiger partial charge in [-0.05, 0) is 17.9 Å². The monoisotopic (exact) mass is 554 g/mol. The van der Waals surface area contributed by atoms with Gasteiger partial charge >= 0.3 is 19.1 Å². The zero-order valence-corrected chi connectivity index (χ0v) is 22.4. The van der Waals surface area contributed by atoms with Crippen molar-refractivity contribution in [2.75, 3.05) is 7.11 Å². The average molecular weight is 554 g/mol. The van der Waals surface area contributed by atoms with Crippen molar-refractivity contribution in [3.8, 4) is 0 Å². The maximum atomic E-state index is 13.6. The number of amides is 2. The van der Waals surface area contributed by atoms with Crippen LogP contribution in [0, 0.1) is 5.92 Å². The standard InChI is InChI=1S/C26H31BN4O9/c1-16(2)11-20(27-39-22(34)14-26(40-27,13-21(32)33)25(37)38-3)31-23(35)18(12-17-7-5-4-6-8-17)30-24(36)19-15-28-9-10-29-19/h4-10,15-16,18,20H,11-14H2,1-3H3,(H,30,36)(H,31,35)(H,32,33)/t18?,20?,26-/m1/s1. The van der Waals surface area contributed by atoms with E-state index in [-0.39, 0.29) is 24.5 Å². The second kappa shape index (κ2) is 13.6. The summed E-state index contributed by atoms with van der Waals surface area (Å²) in [6, 6.07) is 7.90. The van der Waals surface area contributed by atoms with Crippen molar-refractivity contribution in [3.63, 3.8) is 0 Å². The minimum atomic E-state index is -2.13. The van der Waals surface area contributed by atoms with Crippen LogP contribution in [0.5, 0.6) is 0 Å². The van der Waals surface area contributed by atoms with Crippen molar-refractivity contribution < 1.29 is 43.1 Å². The number of hydrogen-bond acceptors (Lipinski definition) is 10. The molecule has 2 heterocycles. The van der Waals surface area contributed by atoms with E-state index >= 15 is 0 Å². The van der Waals surface area contributed by atoms with Gasteiger partial charge in [-0.25, -0.2) is 9.78 Å². The van der Waals surface area contributed by atoms with Gasteiger partial charge in [-0.15, -0.1) is 0 Å². The maximum absolute atomic E-state index is 13.6. The van der Waals surface area contributed by atoms with Crippen LogP contribution in [-0.2, 0) is 39.6 Å². The number of hydrogen-bond donors (Lipinski definition) is 3. The van der Waals surface area contributed by atoms with Crippen LogP contribution < -0.4 is 10.6 Å². The molecule has 0 bridgehead atoms. The van der Waals surface area contributed by atoms with Crippen molar-refractivity contribution in [1.82, 2.24) is 20.6 Å². The normalized spacial score (nSPS) is 18.3. The quantitative estimate of drug-likeness (QED) is 0.248. The molecule has 2 aromatic rings. The number of carboxylic acids is 1. The molecule has 1 fully saturated rings. The highest BCUT2D eigenvalue weighted by atomic mass is 16.7. The SMILES string of the molecule is COC(=O)[C@@]1(CC(=O)O)CC(=O)OB(C(CC(C)C)NC(=O)C(Cc2ccccc2)NC(=O)c2cnccn2)O1. The number of rotatable bonds is 12. The molecule has 2 amide bonds. The minimum Gasteiger partial charge on any atom is -0.508 e. The highest BCUT2D eigenvalue weighted by molar-refractivity contribution is 6.50. The first kappa shape index (κ1) is 30.2. The number of aliphatic carboxylic acids is 1. The van der Waals surface area contributed by atoms with Gasteiger partial charge in [0.05, 0.1) is 32.1 Å². The van der Waals surface area contributed by atoms with Crippen LogP contribution >= 0.6 is 0 Å². The Balaban J connectivity index is 1.89. The lowest BCUT2D eigenvalue weighted by Crippen LogP contribution is -2.63. The fraction of sp³-hybridized carbons (Fsp3) is 0.423. The van der Waals surface area contributed by atoms with Gasteiger partial charge in [-0.1, -0.05) is 44.2 Å². The van der Waals surface area contributed by atoms with Crippen molar-refractivity contribution in [3.05, 3.63) is 60.2 Å². The summed E-state index contributed by atoms with van der Waals surface area (Å²) in [7, 11) is -0.454. The fourth-order valence-electron chi connectivity index (χ4n) is 4.32. The lowest BCUT2D eigenvalue weighted by molar-refractivity contribution is -0.177. The van der Waals surface area contributed by atoms with Gasteiger partial charge in [0.1, 0.15) is 11.7 Å². The van der Waals surface area contributed by atoms with Crippen LogP contribution in [0.4, 0.5) is 0 Å². The molecule has 13 nitrogen and oxygen atoms in total. The number of aromatic nitrogens is 2. The zero-order valence-electron chi connectivity index (χ0n) is 22.4. The number of carboxylic acid groups (broad SMARTS) is 1. The van der Waals surface area contributed by atoms with Gasteiger partial charge < -0.3 is 29.8 Å². The Hall–Kier alpha value is -4.33. The van der Waals surface area contributed by atoms with E-state index in [1.807, 2.05) is 19.9 Å². The third kappa shape index (κ3) is 8.09. The summed E-state index contributed by atoms with van der Waals surface area (Å²) in [5.41, 5.74) is -1.37. The Kier molecular flexibility index (Phi) is 10.3. The van der Waals surface area contributed by atoms with Gasteiger partial charge in [0.15, 0.2) is 5.60 Å². The van der Waals surface area contributed by atoms with Crippen molar-refractivity contribution >= 4 is 36.8 Å². The lowest BCUT2D eigenvalue weighted by atomic mass is 9.70. The summed E-state index contributed by atoms with van der Waals surface area (Å²) in [6.45, 7) is 3.71. The van der Waals surface area contributed by atoms with Crippen molar-refractivity contribution in [2.45, 2.75) is 57.1 Å². The number of esters is 1. The van der Waals surface area contributed by atoms with E-state index in [4.69, 9.17) is 14.0 Å². The van der Waals surface area contributed by atoms with Crippen LogP contribution in [0.1, 0.15) is 49.2 Å². The van der Waals surface area contributed by atoms with Crippen molar-refractivity contribution in [1.29, 1.82) is 0 Å². The molecule has 0 aliphatic carbocycles. The molecule has 1 aliphatic rings. The molecule has 1 aromatic carbocycles. The van der Waals surface area contributed by atoms with Crippen LogP contribution in [0.25, 0.3) is 0 Å². The molecule has 14 heteroatoms. The number of nitrogens with one attached hydrogen (secondary N) is 2. The molecule has 0 radical (unpaired) electrons. The van der Waals surface area contributed by atoms with E-state index in [2.05, 4.69) is 20.6 Å². The lowest BCUT2D eigenvalue weighted by Gasteiger charge is -2.38. The second-order valence-corrected chi connectivity index (χ2v) is 9.76. The highest BCUT2D eigenvalue weighted by Crippen LogP contribution is 2.31. The predicted octanol–water partition coefficient (Wildman–Crippen LogP) is 0.726. The summed E-state index contributed by atoms with van der Waals surface area (Å²) < 4.78 is 15.9. The van der Waals surface area contributed by atoms with Crippen LogP contribution in [-0.4, -0.2) is 76.6 Å². The molecule has 0 spiro atoms. The Morgan fingerprint density at radius 1 is 1.15 bits per heavy atom. The number of carbonyl (C=O) groups excluding carboxylic acids is 4. The molecule has 3 rings (SSSR count). The first-order valence-corrected chi connectivity index (χ1v) is 12.6. The van der Waals surface area contributed by atoms with Gasteiger partial charge in [0, 0.05) is 18.8 Å². The van der Waals surface area contributed by atoms with Crippen LogP contribution in [0.2, 0.25) is 0 Å². The molecule has 1 aliphatic heterocycles. The Morgan fingerprint density at radius 2 is 1.88 bits per heavy atom. The molecule has 2 unspecified atom stereocenters. The first-order valence-electron chi connectivity index (χ1n) is 12.6. The van der Waals surface area contributed by atoms with E-state index in [1.165, 1.54) is 18.6 Å². The van der Waals surface area contributed by atoms with E-state index in [1.54, 1.807) is 24.3 Å². The molecule has 1 saturated heterocycles. The zero-order chi connectivity index (χ0) is 29.3. The Labute approximate surface area is 231 Å². The molecule has 3 atom stereocenters. The van der Waals surface area contributed by atoms with Crippen molar-refractivity contribution in [2.24, 2.45) is 5.92 Å². The van der Waals surface area contributed by atoms with Crippen LogP contribution in [0.3, 0.4) is 0 Å². The summed E-state index contributed by atoms with van der Waals surface area (Å²) in [4.78, 5) is 71.0. The topological polar surface area (TPSA) is 183 Å². The summed E-state index contributed by atoms with van der Waals surface area (Å²) in [6.07, 6.45) is 2.84. The van der Waals surface area contributed by atoms with E-state index < -0.39 is 67.3 Å². The van der Waals surface area contributed by atoms with Gasteiger partial charge in [-0.3, -0.25) is 24.2 Å². The number of ether oxygens (including phenoxy) is 1. The second-order valence-electron chi connectivity index (χ2n) is 9.76. The molecule has 1 aromatic heterocycles. The van der Waals surface area contributed by atoms with Gasteiger partial charge in [0.25, 0.3) is 11.9 Å². The minimum absolute atomic E-state index is 0.00756. The first-order chi connectivity index (χ1) is 19.0. The van der Waals surface area contributed by atoms with E-state index in [0.717, 1.165) is 12.7 Å². The summed E-state index contributed by atoms with van der Waals surface area (Å²) in [5, 5.41) is 14.8. The van der Waals surface area contributed by atoms with Gasteiger partial charge in [0.2, 0.25) is 5.91 Å². The van der Waals surface area contributed by atoms with Gasteiger partial charge in [-0.2, -0.15) is 0 Å². The molecular formula is C26H31BN4O9. The average Bonchev–Trinajstić information content (AvgIpc) is 2.91. The molecule has 212 valence electrons. The van der Waals surface area contributed by atoms with E-state index in [9.17, 15) is 29.1 Å². The number of carbonyl (C=O) groups is 5. The fourth-order valence-corrected chi connectivity index (χ4v) is 4.32. The van der Waals surface area contributed by atoms with Crippen LogP contribution in [0.15, 0.2) is 48.9 Å². The molecule has 40 heavy (non-hydrogen) atoms. The molecule has 0 saturated carbocycles. The highest BCUT2D eigenvalue weighted by Gasteiger charge is 2.55. The predicted molar refractivity (Wildman–Crippen MR) is 139 cm³/mol. The Bertz CT molecular complexity index is 1210. The maximum Gasteiger partial charge on any atom is 0.552 e. The smallest absolute Gasteiger partial charge is 0.508 e. The third-order valence-corrected chi connectivity index (χ3v) is 6.10. The van der Waals surface area contributed by atoms with E-state index in [0.29, 0.717) is 0 Å². The summed E-state index contributed by atoms with van der Waals surface area (Å²) in [5.74, 6) is -5.63. The Morgan fingerprint density at radius 3 is 2.48 bits per heavy atom.